The molecule has 0 amide bonds. The number of nitrogens with one attached hydrogen (secondary N) is 1. The topological polar surface area (TPSA) is 37.9 Å². The molecule has 59 valence electrons. The number of ether oxygens (including phenoxy) is 1. The largest absolute Gasteiger partial charge is 0.378 e. The second-order valence-electron chi connectivity index (χ2n) is 2.82. The first-order valence-corrected chi connectivity index (χ1v) is 3.97. The summed E-state index contributed by atoms with van der Waals surface area (Å²) in [6.07, 6.45) is 8.12. The van der Waals surface area contributed by atoms with Gasteiger partial charge >= 0.3 is 0 Å². The third-order valence-electron chi connectivity index (χ3n) is 1.95. The Labute approximate surface area is 65.8 Å². The van der Waals surface area contributed by atoms with E-state index in [4.69, 9.17) is 4.74 Å². The molecule has 1 radical (unpaired) electrons. The first kappa shape index (κ1) is 6.85. The van der Waals surface area contributed by atoms with Crippen LogP contribution in [0.3, 0.4) is 0 Å². The highest BCUT2D eigenvalue weighted by Crippen LogP contribution is 2.14. The van der Waals surface area contributed by atoms with Gasteiger partial charge in [0.25, 0.3) is 0 Å². The van der Waals surface area contributed by atoms with Gasteiger partial charge in [0.1, 0.15) is 12.0 Å². The van der Waals surface area contributed by atoms with Crippen LogP contribution < -0.4 is 0 Å². The van der Waals surface area contributed by atoms with E-state index in [1.807, 2.05) is 0 Å². The lowest BCUT2D eigenvalue weighted by atomic mass is 10.2. The Bertz CT molecular complexity index is 202. The van der Waals surface area contributed by atoms with Gasteiger partial charge in [-0.1, -0.05) is 0 Å². The average Bonchev–Trinajstić information content (AvgIpc) is 2.60. The molecular formula is C8H11N2O. The van der Waals surface area contributed by atoms with Crippen molar-refractivity contribution in [2.24, 2.45) is 0 Å². The van der Waals surface area contributed by atoms with Crippen molar-refractivity contribution in [3.63, 3.8) is 0 Å². The number of imidazole rings is 1. The summed E-state index contributed by atoms with van der Waals surface area (Å²) in [5.41, 5.74) is 0. The molecule has 1 aliphatic rings. The predicted octanol–water partition coefficient (Wildman–Crippen LogP) is 0.931. The zero-order chi connectivity index (χ0) is 7.52. The summed E-state index contributed by atoms with van der Waals surface area (Å²) in [5.74, 6) is 0.983. The van der Waals surface area contributed by atoms with Crippen LogP contribution in [-0.4, -0.2) is 22.7 Å². The van der Waals surface area contributed by atoms with Crippen molar-refractivity contribution in [1.82, 2.24) is 9.97 Å². The van der Waals surface area contributed by atoms with Crippen molar-refractivity contribution in [1.29, 1.82) is 0 Å². The van der Waals surface area contributed by atoms with Gasteiger partial charge in [-0.05, 0) is 12.8 Å². The van der Waals surface area contributed by atoms with Crippen LogP contribution in [0.1, 0.15) is 18.7 Å². The second-order valence-corrected chi connectivity index (χ2v) is 2.82. The Balaban J connectivity index is 1.90. The van der Waals surface area contributed by atoms with E-state index in [-0.39, 0.29) is 0 Å². The van der Waals surface area contributed by atoms with Gasteiger partial charge in [0.15, 0.2) is 0 Å². The monoisotopic (exact) mass is 151 g/mol. The van der Waals surface area contributed by atoms with Crippen LogP contribution >= 0.6 is 0 Å². The number of hydrogen-bond donors (Lipinski definition) is 1. The van der Waals surface area contributed by atoms with Gasteiger partial charge in [-0.3, -0.25) is 0 Å². The molecule has 1 aliphatic heterocycles. The summed E-state index contributed by atoms with van der Waals surface area (Å²) in [4.78, 5) is 7.04. The number of H-pyrrole nitrogens is 1. The molecule has 1 aromatic heterocycles. The van der Waals surface area contributed by atoms with Gasteiger partial charge in [-0.2, -0.15) is 0 Å². The van der Waals surface area contributed by atoms with Crippen LogP contribution in [-0.2, 0) is 11.2 Å². The SMILES string of the molecule is [c]1c[nH]c(CC2CCCO2)n1. The minimum Gasteiger partial charge on any atom is -0.378 e. The van der Waals surface area contributed by atoms with Gasteiger partial charge in [0, 0.05) is 19.2 Å². The Morgan fingerprint density at radius 3 is 3.45 bits per heavy atom. The maximum Gasteiger partial charge on any atom is 0.109 e. The van der Waals surface area contributed by atoms with Crippen molar-refractivity contribution in [2.45, 2.75) is 25.4 Å². The first-order valence-electron chi connectivity index (χ1n) is 3.97. The summed E-state index contributed by atoms with van der Waals surface area (Å²) in [6.45, 7) is 0.912. The van der Waals surface area contributed by atoms with Crippen LogP contribution in [0.2, 0.25) is 0 Å². The maximum absolute atomic E-state index is 5.45. The summed E-state index contributed by atoms with van der Waals surface area (Å²) >= 11 is 0. The third kappa shape index (κ3) is 1.60. The summed E-state index contributed by atoms with van der Waals surface area (Å²) in [7, 11) is 0. The smallest absolute Gasteiger partial charge is 0.109 e. The summed E-state index contributed by atoms with van der Waals surface area (Å²) < 4.78 is 5.45. The number of nitrogens with zero attached hydrogens (tertiary/aromatic N) is 1. The molecule has 1 unspecified atom stereocenters. The summed E-state index contributed by atoms with van der Waals surface area (Å²) in [6, 6.07) is 0. The quantitative estimate of drug-likeness (QED) is 0.682. The molecular weight excluding hydrogens is 140 g/mol. The van der Waals surface area contributed by atoms with E-state index >= 15 is 0 Å². The number of aromatic amines is 1. The van der Waals surface area contributed by atoms with Crippen molar-refractivity contribution in [3.8, 4) is 0 Å². The van der Waals surface area contributed by atoms with E-state index < -0.39 is 0 Å². The molecule has 0 spiro atoms. The molecule has 0 saturated carbocycles. The lowest BCUT2D eigenvalue weighted by Gasteiger charge is -2.05. The van der Waals surface area contributed by atoms with E-state index in [2.05, 4.69) is 16.2 Å². The average molecular weight is 151 g/mol. The van der Waals surface area contributed by atoms with Gasteiger partial charge in [0.2, 0.25) is 0 Å². The highest BCUT2D eigenvalue weighted by atomic mass is 16.5. The molecule has 1 aromatic rings. The standard InChI is InChI=1S/C8H11N2O/c1-2-7(11-5-1)6-8-9-3-4-10-8/h3,7H,1-2,5-6H2,(H,9,10). The van der Waals surface area contributed by atoms with Crippen LogP contribution in [0.25, 0.3) is 0 Å². The molecule has 2 rings (SSSR count). The predicted molar refractivity (Wildman–Crippen MR) is 40.1 cm³/mol. The normalized spacial score (nSPS) is 24.2. The maximum atomic E-state index is 5.45. The molecule has 1 atom stereocenters. The Kier molecular flexibility index (Phi) is 1.90. The lowest BCUT2D eigenvalue weighted by molar-refractivity contribution is 0.110. The fraction of sp³-hybridized carbons (Fsp3) is 0.625. The lowest BCUT2D eigenvalue weighted by Crippen LogP contribution is -2.09. The van der Waals surface area contributed by atoms with E-state index in [0.29, 0.717) is 6.10 Å². The zero-order valence-electron chi connectivity index (χ0n) is 6.34. The highest BCUT2D eigenvalue weighted by Gasteiger charge is 2.16. The van der Waals surface area contributed by atoms with Crippen LogP contribution in [0.15, 0.2) is 6.20 Å². The van der Waals surface area contributed by atoms with E-state index in [1.54, 1.807) is 6.20 Å². The number of hydrogen-bond acceptors (Lipinski definition) is 2. The van der Waals surface area contributed by atoms with E-state index in [9.17, 15) is 0 Å². The van der Waals surface area contributed by atoms with Crippen molar-refractivity contribution in [3.05, 3.63) is 18.2 Å². The number of aromatic nitrogens is 2. The molecule has 2 heterocycles. The number of rotatable bonds is 2. The fourth-order valence-electron chi connectivity index (χ4n) is 1.38. The third-order valence-corrected chi connectivity index (χ3v) is 1.95. The highest BCUT2D eigenvalue weighted by molar-refractivity contribution is 4.89. The molecule has 1 saturated heterocycles. The Hall–Kier alpha value is -0.830. The minimum atomic E-state index is 0.384. The van der Waals surface area contributed by atoms with Gasteiger partial charge in [-0.25, -0.2) is 4.98 Å². The molecule has 1 N–H and O–H groups in total. The second kappa shape index (κ2) is 3.05. The van der Waals surface area contributed by atoms with E-state index in [0.717, 1.165) is 18.9 Å². The van der Waals surface area contributed by atoms with Crippen LogP contribution in [0.5, 0.6) is 0 Å². The first-order chi connectivity index (χ1) is 5.45. The van der Waals surface area contributed by atoms with Crippen LogP contribution in [0, 0.1) is 6.20 Å². The van der Waals surface area contributed by atoms with Crippen molar-refractivity contribution < 1.29 is 4.74 Å². The molecule has 0 bridgehead atoms. The Morgan fingerprint density at radius 1 is 1.82 bits per heavy atom. The van der Waals surface area contributed by atoms with Crippen molar-refractivity contribution >= 4 is 0 Å². The van der Waals surface area contributed by atoms with Gasteiger partial charge in [-0.15, -0.1) is 0 Å². The van der Waals surface area contributed by atoms with E-state index in [1.165, 1.54) is 12.8 Å². The molecule has 11 heavy (non-hydrogen) atoms. The molecule has 0 aromatic carbocycles. The molecule has 3 nitrogen and oxygen atoms in total. The Morgan fingerprint density at radius 2 is 2.82 bits per heavy atom. The minimum absolute atomic E-state index is 0.384. The fourth-order valence-corrected chi connectivity index (χ4v) is 1.38. The molecule has 1 fully saturated rings. The zero-order valence-corrected chi connectivity index (χ0v) is 6.34. The summed E-state index contributed by atoms with van der Waals surface area (Å²) in [5, 5.41) is 0. The van der Waals surface area contributed by atoms with Gasteiger partial charge in [0.05, 0.1) is 6.10 Å². The molecule has 0 aliphatic carbocycles. The van der Waals surface area contributed by atoms with Crippen molar-refractivity contribution in [2.75, 3.05) is 6.61 Å². The van der Waals surface area contributed by atoms with Crippen LogP contribution in [0.4, 0.5) is 0 Å². The van der Waals surface area contributed by atoms with Gasteiger partial charge < -0.3 is 9.72 Å². The molecule has 3 heteroatoms.